The summed E-state index contributed by atoms with van der Waals surface area (Å²) >= 11 is 0. The lowest BCUT2D eigenvalue weighted by molar-refractivity contribution is -0.136. The standard InChI is InChI=1S/C17H19N3O5/c1-11(21)9-18-16(23)17(24)20-14-7-3-2-6-13(14)15(22)19-10-12-5-4-8-25-12/h2-8,11,21H,9-10H2,1H3,(H,18,23)(H,19,22)(H,20,24)/t11-/m1/s1. The Bertz CT molecular complexity index is 741. The minimum atomic E-state index is -0.924. The lowest BCUT2D eigenvalue weighted by atomic mass is 10.1. The molecular formula is C17H19N3O5. The Morgan fingerprint density at radius 1 is 1.08 bits per heavy atom. The van der Waals surface area contributed by atoms with Gasteiger partial charge in [-0.05, 0) is 31.2 Å². The van der Waals surface area contributed by atoms with Crippen molar-refractivity contribution >= 4 is 23.4 Å². The fraction of sp³-hybridized carbons (Fsp3) is 0.235. The van der Waals surface area contributed by atoms with Crippen LogP contribution >= 0.6 is 0 Å². The molecule has 0 aliphatic rings. The number of carbonyl (C=O) groups excluding carboxylic acids is 3. The Morgan fingerprint density at radius 2 is 1.84 bits per heavy atom. The number of aliphatic hydroxyl groups is 1. The topological polar surface area (TPSA) is 121 Å². The third-order valence-electron chi connectivity index (χ3n) is 3.19. The molecule has 0 aliphatic carbocycles. The maximum absolute atomic E-state index is 12.3. The van der Waals surface area contributed by atoms with Gasteiger partial charge in [0.1, 0.15) is 5.76 Å². The summed E-state index contributed by atoms with van der Waals surface area (Å²) in [5, 5.41) is 16.5. The molecule has 1 heterocycles. The molecule has 0 spiro atoms. The first kappa shape index (κ1) is 18.2. The highest BCUT2D eigenvalue weighted by molar-refractivity contribution is 6.40. The van der Waals surface area contributed by atoms with Gasteiger partial charge in [0, 0.05) is 6.54 Å². The second kappa shape index (κ2) is 8.65. The highest BCUT2D eigenvalue weighted by Gasteiger charge is 2.18. The van der Waals surface area contributed by atoms with Crippen molar-refractivity contribution in [3.63, 3.8) is 0 Å². The monoisotopic (exact) mass is 345 g/mol. The van der Waals surface area contributed by atoms with Gasteiger partial charge in [0.15, 0.2) is 0 Å². The van der Waals surface area contributed by atoms with Gasteiger partial charge in [0.05, 0.1) is 30.2 Å². The van der Waals surface area contributed by atoms with E-state index in [9.17, 15) is 14.4 Å². The van der Waals surface area contributed by atoms with Crippen LogP contribution in [-0.2, 0) is 16.1 Å². The smallest absolute Gasteiger partial charge is 0.313 e. The summed E-state index contributed by atoms with van der Waals surface area (Å²) in [6, 6.07) is 9.75. The van der Waals surface area contributed by atoms with Gasteiger partial charge < -0.3 is 25.5 Å². The first-order valence-electron chi connectivity index (χ1n) is 7.64. The number of amides is 3. The lowest BCUT2D eigenvalue weighted by Gasteiger charge is -2.11. The molecule has 2 rings (SSSR count). The highest BCUT2D eigenvalue weighted by atomic mass is 16.3. The molecule has 0 fully saturated rings. The Labute approximate surface area is 144 Å². The van der Waals surface area contributed by atoms with E-state index in [4.69, 9.17) is 9.52 Å². The molecule has 3 amide bonds. The normalized spacial score (nSPS) is 11.4. The summed E-state index contributed by atoms with van der Waals surface area (Å²) in [4.78, 5) is 35.8. The van der Waals surface area contributed by atoms with Crippen molar-refractivity contribution in [3.8, 4) is 0 Å². The SMILES string of the molecule is C[C@@H](O)CNC(=O)C(=O)Nc1ccccc1C(=O)NCc1ccco1. The van der Waals surface area contributed by atoms with Gasteiger partial charge in [-0.1, -0.05) is 12.1 Å². The predicted molar refractivity (Wildman–Crippen MR) is 89.6 cm³/mol. The number of rotatable bonds is 6. The summed E-state index contributed by atoms with van der Waals surface area (Å²) in [5.41, 5.74) is 0.419. The molecule has 4 N–H and O–H groups in total. The lowest BCUT2D eigenvalue weighted by Crippen LogP contribution is -2.39. The molecule has 0 saturated heterocycles. The van der Waals surface area contributed by atoms with Crippen molar-refractivity contribution in [3.05, 3.63) is 54.0 Å². The van der Waals surface area contributed by atoms with Crippen LogP contribution < -0.4 is 16.0 Å². The van der Waals surface area contributed by atoms with E-state index in [0.29, 0.717) is 5.76 Å². The highest BCUT2D eigenvalue weighted by Crippen LogP contribution is 2.15. The zero-order chi connectivity index (χ0) is 18.2. The zero-order valence-corrected chi connectivity index (χ0v) is 13.6. The molecule has 8 heteroatoms. The Morgan fingerprint density at radius 3 is 2.52 bits per heavy atom. The number of para-hydroxylation sites is 1. The van der Waals surface area contributed by atoms with Crippen LogP contribution in [0.15, 0.2) is 47.1 Å². The van der Waals surface area contributed by atoms with E-state index < -0.39 is 23.8 Å². The first-order valence-corrected chi connectivity index (χ1v) is 7.64. The van der Waals surface area contributed by atoms with Crippen LogP contribution in [0, 0.1) is 0 Å². The molecule has 1 aromatic heterocycles. The van der Waals surface area contributed by atoms with Crippen LogP contribution in [0.1, 0.15) is 23.0 Å². The van der Waals surface area contributed by atoms with Crippen LogP contribution in [0.5, 0.6) is 0 Å². The number of anilines is 1. The second-order valence-corrected chi connectivity index (χ2v) is 5.32. The summed E-state index contributed by atoms with van der Waals surface area (Å²) < 4.78 is 5.13. The average Bonchev–Trinajstić information content (AvgIpc) is 3.11. The molecule has 0 bridgehead atoms. The zero-order valence-electron chi connectivity index (χ0n) is 13.6. The number of hydrogen-bond donors (Lipinski definition) is 4. The Kier molecular flexibility index (Phi) is 6.30. The van der Waals surface area contributed by atoms with Gasteiger partial charge in [0.2, 0.25) is 0 Å². The van der Waals surface area contributed by atoms with Crippen molar-refractivity contribution in [2.24, 2.45) is 0 Å². The van der Waals surface area contributed by atoms with Crippen LogP contribution in [0.25, 0.3) is 0 Å². The van der Waals surface area contributed by atoms with E-state index in [-0.39, 0.29) is 24.3 Å². The molecule has 0 unspecified atom stereocenters. The van der Waals surface area contributed by atoms with Gasteiger partial charge in [0.25, 0.3) is 5.91 Å². The van der Waals surface area contributed by atoms with Gasteiger partial charge in [-0.2, -0.15) is 0 Å². The quantitative estimate of drug-likeness (QED) is 0.573. The van der Waals surface area contributed by atoms with Crippen LogP contribution in [0.2, 0.25) is 0 Å². The predicted octanol–water partition coefficient (Wildman–Crippen LogP) is 0.645. The van der Waals surface area contributed by atoms with E-state index in [1.54, 1.807) is 24.3 Å². The molecule has 0 aliphatic heterocycles. The van der Waals surface area contributed by atoms with Crippen molar-refractivity contribution in [1.82, 2.24) is 10.6 Å². The van der Waals surface area contributed by atoms with Crippen molar-refractivity contribution in [2.45, 2.75) is 19.6 Å². The van der Waals surface area contributed by atoms with E-state index >= 15 is 0 Å². The van der Waals surface area contributed by atoms with Crippen molar-refractivity contribution < 1.29 is 23.9 Å². The molecule has 0 saturated carbocycles. The molecule has 8 nitrogen and oxygen atoms in total. The fourth-order valence-corrected chi connectivity index (χ4v) is 1.97. The molecule has 0 radical (unpaired) electrons. The number of hydrogen-bond acceptors (Lipinski definition) is 5. The van der Waals surface area contributed by atoms with E-state index in [1.807, 2.05) is 0 Å². The largest absolute Gasteiger partial charge is 0.467 e. The van der Waals surface area contributed by atoms with Gasteiger partial charge in [-0.3, -0.25) is 14.4 Å². The van der Waals surface area contributed by atoms with Crippen LogP contribution in [0.3, 0.4) is 0 Å². The average molecular weight is 345 g/mol. The summed E-state index contributed by atoms with van der Waals surface area (Å²) in [7, 11) is 0. The van der Waals surface area contributed by atoms with Gasteiger partial charge in [-0.15, -0.1) is 0 Å². The van der Waals surface area contributed by atoms with Crippen molar-refractivity contribution in [2.75, 3.05) is 11.9 Å². The number of nitrogens with one attached hydrogen (secondary N) is 3. The maximum Gasteiger partial charge on any atom is 0.313 e. The number of furan rings is 1. The number of aliphatic hydroxyl groups excluding tert-OH is 1. The fourth-order valence-electron chi connectivity index (χ4n) is 1.97. The molecule has 132 valence electrons. The summed E-state index contributed by atoms with van der Waals surface area (Å²) in [6.45, 7) is 1.64. The van der Waals surface area contributed by atoms with Crippen LogP contribution in [0.4, 0.5) is 5.69 Å². The summed E-state index contributed by atoms with van der Waals surface area (Å²) in [5.74, 6) is -1.65. The molecule has 1 aromatic carbocycles. The molecule has 1 atom stereocenters. The minimum Gasteiger partial charge on any atom is -0.467 e. The molecule has 2 aromatic rings. The Balaban J connectivity index is 2.00. The third kappa shape index (κ3) is 5.47. The number of benzene rings is 1. The first-order chi connectivity index (χ1) is 12.0. The van der Waals surface area contributed by atoms with Gasteiger partial charge >= 0.3 is 11.8 Å². The van der Waals surface area contributed by atoms with E-state index in [1.165, 1.54) is 25.3 Å². The second-order valence-electron chi connectivity index (χ2n) is 5.32. The number of carbonyl (C=O) groups is 3. The van der Waals surface area contributed by atoms with Gasteiger partial charge in [-0.25, -0.2) is 0 Å². The van der Waals surface area contributed by atoms with Crippen molar-refractivity contribution in [1.29, 1.82) is 0 Å². The van der Waals surface area contributed by atoms with E-state index in [2.05, 4.69) is 16.0 Å². The van der Waals surface area contributed by atoms with E-state index in [0.717, 1.165) is 0 Å². The third-order valence-corrected chi connectivity index (χ3v) is 3.19. The Hall–Kier alpha value is -3.13. The molecular weight excluding hydrogens is 326 g/mol. The maximum atomic E-state index is 12.3. The minimum absolute atomic E-state index is 0.0441. The summed E-state index contributed by atoms with van der Waals surface area (Å²) in [6.07, 6.45) is 0.734. The van der Waals surface area contributed by atoms with Crippen LogP contribution in [-0.4, -0.2) is 35.5 Å². The molecule has 25 heavy (non-hydrogen) atoms.